The van der Waals surface area contributed by atoms with Crippen molar-refractivity contribution in [3.8, 4) is 0 Å². The topological polar surface area (TPSA) is 67.2 Å². The summed E-state index contributed by atoms with van der Waals surface area (Å²) in [5, 5.41) is 5.45. The molecule has 2 aliphatic rings. The van der Waals surface area contributed by atoms with Crippen LogP contribution in [0.15, 0.2) is 36.7 Å². The molecule has 4 heterocycles. The Labute approximate surface area is 176 Å². The van der Waals surface area contributed by atoms with Crippen molar-refractivity contribution in [2.45, 2.75) is 26.2 Å². The highest BCUT2D eigenvalue weighted by Gasteiger charge is 2.43. The monoisotopic (exact) mass is 404 g/mol. The first kappa shape index (κ1) is 19.0. The maximum absolute atomic E-state index is 13.2. The third-order valence-electron chi connectivity index (χ3n) is 6.48. The summed E-state index contributed by atoms with van der Waals surface area (Å²) >= 11 is 0. The van der Waals surface area contributed by atoms with E-state index < -0.39 is 0 Å². The number of carbonyl (C=O) groups excluding carboxylic acids is 1. The van der Waals surface area contributed by atoms with Crippen LogP contribution >= 0.6 is 0 Å². The first-order chi connectivity index (χ1) is 14.3. The Morgan fingerprint density at radius 1 is 1.03 bits per heavy atom. The molecular formula is C23H28N6O. The molecule has 30 heavy (non-hydrogen) atoms. The molecule has 156 valence electrons. The van der Waals surface area contributed by atoms with Crippen molar-refractivity contribution in [2.24, 2.45) is 18.9 Å². The van der Waals surface area contributed by atoms with Gasteiger partial charge in [0.25, 0.3) is 5.91 Å². The summed E-state index contributed by atoms with van der Waals surface area (Å²) in [6, 6.07) is 10.0. The lowest BCUT2D eigenvalue weighted by atomic mass is 9.92. The van der Waals surface area contributed by atoms with Gasteiger partial charge in [-0.3, -0.25) is 9.48 Å². The summed E-state index contributed by atoms with van der Waals surface area (Å²) in [4.78, 5) is 26.5. The minimum atomic E-state index is 0.00195. The second-order valence-corrected chi connectivity index (χ2v) is 9.64. The summed E-state index contributed by atoms with van der Waals surface area (Å²) in [6.07, 6.45) is 1.67. The molecule has 2 aromatic heterocycles. The standard InChI is InChI=1S/C23H28N6O/c1-23(2,3)19-9-20(25-14-24-19)28-10-15-12-29(13-16(15)11-28)22(30)21-17-7-5-6-8-18(17)27(4)26-21/h5-9,14-16H,10-13H2,1-4H3. The van der Waals surface area contributed by atoms with Crippen molar-refractivity contribution in [1.82, 2.24) is 24.6 Å². The average molecular weight is 405 g/mol. The Kier molecular flexibility index (Phi) is 4.31. The molecular weight excluding hydrogens is 376 g/mol. The number of carbonyl (C=O) groups is 1. The van der Waals surface area contributed by atoms with Crippen LogP contribution in [0.25, 0.3) is 10.9 Å². The normalized spacial score (nSPS) is 21.5. The zero-order valence-electron chi connectivity index (χ0n) is 18.0. The summed E-state index contributed by atoms with van der Waals surface area (Å²) in [7, 11) is 1.89. The van der Waals surface area contributed by atoms with E-state index in [0.717, 1.165) is 48.6 Å². The number of hydrogen-bond acceptors (Lipinski definition) is 5. The Morgan fingerprint density at radius 2 is 1.73 bits per heavy atom. The van der Waals surface area contributed by atoms with Crippen molar-refractivity contribution < 1.29 is 4.79 Å². The van der Waals surface area contributed by atoms with E-state index >= 15 is 0 Å². The molecule has 0 radical (unpaired) electrons. The quantitative estimate of drug-likeness (QED) is 0.657. The third-order valence-corrected chi connectivity index (χ3v) is 6.48. The third kappa shape index (κ3) is 3.13. The molecule has 0 N–H and O–H groups in total. The van der Waals surface area contributed by atoms with Crippen LogP contribution in [-0.4, -0.2) is 56.7 Å². The number of fused-ring (bicyclic) bond motifs is 2. The minimum Gasteiger partial charge on any atom is -0.356 e. The van der Waals surface area contributed by atoms with Gasteiger partial charge in [-0.25, -0.2) is 9.97 Å². The van der Waals surface area contributed by atoms with E-state index in [4.69, 9.17) is 0 Å². The molecule has 2 unspecified atom stereocenters. The van der Waals surface area contributed by atoms with Gasteiger partial charge in [0, 0.05) is 61.9 Å². The number of aromatic nitrogens is 4. The van der Waals surface area contributed by atoms with Gasteiger partial charge in [0.2, 0.25) is 0 Å². The predicted molar refractivity (Wildman–Crippen MR) is 117 cm³/mol. The van der Waals surface area contributed by atoms with Crippen LogP contribution in [0.5, 0.6) is 0 Å². The summed E-state index contributed by atoms with van der Waals surface area (Å²) in [5.74, 6) is 1.98. The van der Waals surface area contributed by atoms with Crippen molar-refractivity contribution in [3.05, 3.63) is 48.0 Å². The zero-order chi connectivity index (χ0) is 21.0. The molecule has 0 saturated carbocycles. The molecule has 0 aliphatic carbocycles. The fourth-order valence-corrected chi connectivity index (χ4v) is 4.80. The average Bonchev–Trinajstić information content (AvgIpc) is 3.39. The highest BCUT2D eigenvalue weighted by Crippen LogP contribution is 2.35. The number of aryl methyl sites for hydroxylation is 1. The smallest absolute Gasteiger partial charge is 0.275 e. The second-order valence-electron chi connectivity index (χ2n) is 9.64. The SMILES string of the molecule is Cn1nc(C(=O)N2CC3CN(c4cc(C(C)(C)C)ncn4)CC3C2)c2ccccc21. The number of anilines is 1. The highest BCUT2D eigenvalue weighted by molar-refractivity contribution is 6.05. The molecule has 2 saturated heterocycles. The van der Waals surface area contributed by atoms with Crippen molar-refractivity contribution >= 4 is 22.6 Å². The summed E-state index contributed by atoms with van der Waals surface area (Å²) in [6.45, 7) is 9.92. The van der Waals surface area contributed by atoms with Crippen molar-refractivity contribution in [3.63, 3.8) is 0 Å². The van der Waals surface area contributed by atoms with E-state index in [1.165, 1.54) is 0 Å². The van der Waals surface area contributed by atoms with Gasteiger partial charge in [0.1, 0.15) is 12.1 Å². The molecule has 2 atom stereocenters. The summed E-state index contributed by atoms with van der Waals surface area (Å²) in [5.41, 5.74) is 2.62. The van der Waals surface area contributed by atoms with Gasteiger partial charge in [-0.1, -0.05) is 39.0 Å². The van der Waals surface area contributed by atoms with Crippen LogP contribution in [0.4, 0.5) is 5.82 Å². The number of rotatable bonds is 2. The maximum atomic E-state index is 13.2. The number of para-hydroxylation sites is 1. The summed E-state index contributed by atoms with van der Waals surface area (Å²) < 4.78 is 1.79. The first-order valence-corrected chi connectivity index (χ1v) is 10.6. The van der Waals surface area contributed by atoms with Gasteiger partial charge < -0.3 is 9.80 Å². The number of amides is 1. The van der Waals surface area contributed by atoms with E-state index in [2.05, 4.69) is 46.8 Å². The van der Waals surface area contributed by atoms with Crippen LogP contribution in [0.2, 0.25) is 0 Å². The van der Waals surface area contributed by atoms with Gasteiger partial charge in [0.05, 0.1) is 11.2 Å². The van der Waals surface area contributed by atoms with E-state index in [1.54, 1.807) is 11.0 Å². The van der Waals surface area contributed by atoms with Crippen molar-refractivity contribution in [2.75, 3.05) is 31.1 Å². The molecule has 7 heteroatoms. The molecule has 2 fully saturated rings. The van der Waals surface area contributed by atoms with Gasteiger partial charge in [-0.15, -0.1) is 0 Å². The number of likely N-dealkylation sites (tertiary alicyclic amines) is 1. The van der Waals surface area contributed by atoms with E-state index in [9.17, 15) is 4.79 Å². The Bertz CT molecular complexity index is 1100. The van der Waals surface area contributed by atoms with E-state index in [0.29, 0.717) is 17.5 Å². The fourth-order valence-electron chi connectivity index (χ4n) is 4.80. The Morgan fingerprint density at radius 3 is 2.43 bits per heavy atom. The molecule has 2 aliphatic heterocycles. The van der Waals surface area contributed by atoms with E-state index in [1.807, 2.05) is 36.2 Å². The zero-order valence-corrected chi connectivity index (χ0v) is 18.0. The van der Waals surface area contributed by atoms with Crippen LogP contribution in [0, 0.1) is 11.8 Å². The molecule has 7 nitrogen and oxygen atoms in total. The van der Waals surface area contributed by atoms with Crippen LogP contribution in [0.1, 0.15) is 37.0 Å². The maximum Gasteiger partial charge on any atom is 0.275 e. The lowest BCUT2D eigenvalue weighted by Gasteiger charge is -2.24. The predicted octanol–water partition coefficient (Wildman–Crippen LogP) is 2.87. The molecule has 0 spiro atoms. The van der Waals surface area contributed by atoms with Crippen LogP contribution in [-0.2, 0) is 12.5 Å². The fraction of sp³-hybridized carbons (Fsp3) is 0.478. The molecule has 1 amide bonds. The van der Waals surface area contributed by atoms with Gasteiger partial charge in [-0.05, 0) is 6.07 Å². The Hall–Kier alpha value is -2.96. The number of benzene rings is 1. The molecule has 3 aromatic rings. The lowest BCUT2D eigenvalue weighted by Crippen LogP contribution is -2.34. The molecule has 5 rings (SSSR count). The van der Waals surface area contributed by atoms with E-state index in [-0.39, 0.29) is 11.3 Å². The number of nitrogens with zero attached hydrogens (tertiary/aromatic N) is 6. The number of hydrogen-bond donors (Lipinski definition) is 0. The minimum absolute atomic E-state index is 0.00195. The van der Waals surface area contributed by atoms with Gasteiger partial charge in [-0.2, -0.15) is 5.10 Å². The van der Waals surface area contributed by atoms with Gasteiger partial charge >= 0.3 is 0 Å². The first-order valence-electron chi connectivity index (χ1n) is 10.6. The molecule has 1 aromatic carbocycles. The van der Waals surface area contributed by atoms with Crippen LogP contribution in [0.3, 0.4) is 0 Å². The van der Waals surface area contributed by atoms with Crippen molar-refractivity contribution in [1.29, 1.82) is 0 Å². The molecule has 0 bridgehead atoms. The lowest BCUT2D eigenvalue weighted by molar-refractivity contribution is 0.0778. The highest BCUT2D eigenvalue weighted by atomic mass is 16.2. The van der Waals surface area contributed by atoms with Crippen LogP contribution < -0.4 is 4.90 Å². The Balaban J connectivity index is 1.31. The second kappa shape index (κ2) is 6.79. The largest absolute Gasteiger partial charge is 0.356 e. The van der Waals surface area contributed by atoms with Gasteiger partial charge in [0.15, 0.2) is 5.69 Å².